The Bertz CT molecular complexity index is 1180. The van der Waals surface area contributed by atoms with Crippen LogP contribution in [0.2, 0.25) is 0 Å². The van der Waals surface area contributed by atoms with Gasteiger partial charge in [-0.1, -0.05) is 73.2 Å². The van der Waals surface area contributed by atoms with Crippen molar-refractivity contribution in [1.82, 2.24) is 15.3 Å². The molecule has 1 fully saturated rings. The van der Waals surface area contributed by atoms with Gasteiger partial charge in [0, 0.05) is 26.2 Å². The molecule has 2 unspecified atom stereocenters. The molecule has 5 rings (SSSR count). The summed E-state index contributed by atoms with van der Waals surface area (Å²) in [7, 11) is 0. The number of nitrogens with zero attached hydrogens (tertiary/aromatic N) is 2. The molecule has 3 aromatic rings. The third kappa shape index (κ3) is 6.21. The van der Waals surface area contributed by atoms with Crippen LogP contribution >= 0.6 is 0 Å². The third-order valence-electron chi connectivity index (χ3n) is 7.29. The molecule has 0 aliphatic carbocycles. The third-order valence-corrected chi connectivity index (χ3v) is 7.29. The van der Waals surface area contributed by atoms with E-state index in [2.05, 4.69) is 84.0 Å². The van der Waals surface area contributed by atoms with Crippen LogP contribution in [0.4, 0.5) is 0 Å². The van der Waals surface area contributed by atoms with Gasteiger partial charge in [-0.3, -0.25) is 15.1 Å². The van der Waals surface area contributed by atoms with Crippen LogP contribution < -0.4 is 10.2 Å². The number of rotatable bonds is 8. The maximum atomic E-state index is 13.0. The van der Waals surface area contributed by atoms with Crippen LogP contribution in [0.1, 0.15) is 47.2 Å². The monoisotopic (exact) mass is 499 g/mol. The molecule has 6 nitrogen and oxygen atoms in total. The number of carbonyl (C=O) groups is 1. The topological polar surface area (TPSA) is 54.0 Å². The molecule has 0 bridgehead atoms. The number of amides is 1. The molecule has 1 N–H and O–H groups in total. The van der Waals surface area contributed by atoms with E-state index < -0.39 is 6.10 Å². The number of nitrogens with one attached hydrogen (secondary N) is 1. The summed E-state index contributed by atoms with van der Waals surface area (Å²) in [5.41, 5.74) is 9.46. The summed E-state index contributed by atoms with van der Waals surface area (Å²) in [6.45, 7) is 8.61. The number of carbonyl (C=O) groups excluding carboxylic acids is 1. The van der Waals surface area contributed by atoms with E-state index in [1.54, 1.807) is 0 Å². The number of aryl methyl sites for hydroxylation is 1. The lowest BCUT2D eigenvalue weighted by molar-refractivity contribution is -0.135. The van der Waals surface area contributed by atoms with Crippen molar-refractivity contribution in [3.05, 3.63) is 101 Å². The van der Waals surface area contributed by atoms with E-state index in [9.17, 15) is 4.79 Å². The molecule has 0 spiro atoms. The fraction of sp³-hybridized carbons (Fsp3) is 0.387. The van der Waals surface area contributed by atoms with Crippen LogP contribution in [-0.4, -0.2) is 54.8 Å². The molecule has 1 saturated heterocycles. The van der Waals surface area contributed by atoms with Gasteiger partial charge < -0.3 is 9.47 Å². The van der Waals surface area contributed by atoms with Gasteiger partial charge in [-0.2, -0.15) is 0 Å². The van der Waals surface area contributed by atoms with Crippen molar-refractivity contribution in [2.45, 2.75) is 45.4 Å². The highest BCUT2D eigenvalue weighted by Gasteiger charge is 2.30. The van der Waals surface area contributed by atoms with Crippen molar-refractivity contribution < 1.29 is 14.3 Å². The second kappa shape index (κ2) is 11.9. The zero-order chi connectivity index (χ0) is 25.6. The minimum absolute atomic E-state index is 0.109. The predicted molar refractivity (Wildman–Crippen MR) is 145 cm³/mol. The molecule has 0 aromatic heterocycles. The lowest BCUT2D eigenvalue weighted by Gasteiger charge is -2.38. The lowest BCUT2D eigenvalue weighted by Crippen LogP contribution is -2.52. The first kappa shape index (κ1) is 25.5. The summed E-state index contributed by atoms with van der Waals surface area (Å²) >= 11 is 0. The maximum Gasteiger partial charge on any atom is 0.275 e. The molecular weight excluding hydrogens is 462 g/mol. The van der Waals surface area contributed by atoms with E-state index in [0.29, 0.717) is 32.7 Å². The average Bonchev–Trinajstić information content (AvgIpc) is 2.93. The normalized spacial score (nSPS) is 19.1. The van der Waals surface area contributed by atoms with Crippen LogP contribution in [0.5, 0.6) is 5.75 Å². The van der Waals surface area contributed by atoms with Crippen molar-refractivity contribution in [2.24, 2.45) is 0 Å². The summed E-state index contributed by atoms with van der Waals surface area (Å²) in [6, 6.07) is 26.0. The molecule has 6 heteroatoms. The zero-order valence-corrected chi connectivity index (χ0v) is 21.9. The molecule has 194 valence electrons. The molecular formula is C31H37N3O3. The van der Waals surface area contributed by atoms with Crippen molar-refractivity contribution in [3.63, 3.8) is 0 Å². The first-order chi connectivity index (χ1) is 18.1. The summed E-state index contributed by atoms with van der Waals surface area (Å²) in [6.07, 6.45) is 1.03. The molecule has 2 aliphatic heterocycles. The Morgan fingerprint density at radius 3 is 2.51 bits per heavy atom. The van der Waals surface area contributed by atoms with Gasteiger partial charge in [0.25, 0.3) is 5.91 Å². The summed E-state index contributed by atoms with van der Waals surface area (Å²) in [4.78, 5) is 15.5. The minimum atomic E-state index is -0.552. The Kier molecular flexibility index (Phi) is 8.19. The lowest BCUT2D eigenvalue weighted by atomic mass is 9.87. The number of hydrazine groups is 1. The molecule has 37 heavy (non-hydrogen) atoms. The number of benzene rings is 3. The first-order valence-electron chi connectivity index (χ1n) is 13.4. The first-order valence-corrected chi connectivity index (χ1v) is 13.4. The summed E-state index contributed by atoms with van der Waals surface area (Å²) in [5.74, 6) is 0.628. The van der Waals surface area contributed by atoms with Crippen molar-refractivity contribution in [1.29, 1.82) is 0 Å². The Balaban J connectivity index is 1.39. The molecule has 2 aliphatic rings. The largest absolute Gasteiger partial charge is 0.481 e. The Hall–Kier alpha value is -3.19. The molecule has 2 heterocycles. The molecule has 1 amide bonds. The SMILES string of the molecule is CCC(Oc1ccc2c(c1)C(c1ccccc1)N(Cc1ccc(C)cc1)CC2)C(=O)NN1CCOCC1. The van der Waals surface area contributed by atoms with E-state index in [4.69, 9.17) is 9.47 Å². The highest BCUT2D eigenvalue weighted by molar-refractivity contribution is 5.80. The van der Waals surface area contributed by atoms with Crippen LogP contribution in [-0.2, 0) is 22.5 Å². The number of fused-ring (bicyclic) bond motifs is 1. The molecule has 0 radical (unpaired) electrons. The standard InChI is InChI=1S/C31H37N3O3/c1-3-29(31(35)32-34-17-19-36-20-18-34)37-27-14-13-25-15-16-33(22-24-11-9-23(2)10-12-24)30(28(25)21-27)26-7-5-4-6-8-26/h4-14,21,29-30H,3,15-20,22H2,1-2H3,(H,32,35). The van der Waals surface area contributed by atoms with Gasteiger partial charge in [0.05, 0.1) is 19.3 Å². The van der Waals surface area contributed by atoms with E-state index in [1.165, 1.54) is 27.8 Å². The van der Waals surface area contributed by atoms with Crippen molar-refractivity contribution in [2.75, 3.05) is 32.8 Å². The Morgan fingerprint density at radius 1 is 1.03 bits per heavy atom. The van der Waals surface area contributed by atoms with Crippen LogP contribution in [0.3, 0.4) is 0 Å². The van der Waals surface area contributed by atoms with E-state index in [0.717, 1.165) is 25.3 Å². The second-order valence-corrected chi connectivity index (χ2v) is 9.97. The number of morpholine rings is 1. The van der Waals surface area contributed by atoms with Crippen molar-refractivity contribution in [3.8, 4) is 5.75 Å². The summed E-state index contributed by atoms with van der Waals surface area (Å²) < 4.78 is 11.7. The fourth-order valence-corrected chi connectivity index (χ4v) is 5.23. The fourth-order valence-electron chi connectivity index (χ4n) is 5.23. The van der Waals surface area contributed by atoms with Gasteiger partial charge >= 0.3 is 0 Å². The van der Waals surface area contributed by atoms with Gasteiger partial charge in [-0.15, -0.1) is 0 Å². The highest BCUT2D eigenvalue weighted by atomic mass is 16.5. The van der Waals surface area contributed by atoms with Gasteiger partial charge in [-0.25, -0.2) is 5.01 Å². The van der Waals surface area contributed by atoms with Crippen LogP contribution in [0.25, 0.3) is 0 Å². The van der Waals surface area contributed by atoms with Gasteiger partial charge in [0.1, 0.15) is 5.75 Å². The predicted octanol–water partition coefficient (Wildman–Crippen LogP) is 4.66. The molecule has 2 atom stereocenters. The Morgan fingerprint density at radius 2 is 1.78 bits per heavy atom. The number of hydrogen-bond donors (Lipinski definition) is 1. The van der Waals surface area contributed by atoms with E-state index in [-0.39, 0.29) is 11.9 Å². The van der Waals surface area contributed by atoms with E-state index >= 15 is 0 Å². The smallest absolute Gasteiger partial charge is 0.275 e. The average molecular weight is 500 g/mol. The number of ether oxygens (including phenoxy) is 2. The van der Waals surface area contributed by atoms with E-state index in [1.807, 2.05) is 18.0 Å². The Labute approximate surface area is 220 Å². The van der Waals surface area contributed by atoms with Gasteiger partial charge in [-0.05, 0) is 54.2 Å². The van der Waals surface area contributed by atoms with Crippen molar-refractivity contribution >= 4 is 5.91 Å². The molecule has 0 saturated carbocycles. The van der Waals surface area contributed by atoms with Crippen LogP contribution in [0.15, 0.2) is 72.8 Å². The minimum Gasteiger partial charge on any atom is -0.481 e. The van der Waals surface area contributed by atoms with Gasteiger partial charge in [0.2, 0.25) is 0 Å². The van der Waals surface area contributed by atoms with Crippen LogP contribution in [0, 0.1) is 6.92 Å². The second-order valence-electron chi connectivity index (χ2n) is 9.97. The highest BCUT2D eigenvalue weighted by Crippen LogP contribution is 2.38. The zero-order valence-electron chi connectivity index (χ0n) is 21.9. The summed E-state index contributed by atoms with van der Waals surface area (Å²) in [5, 5.41) is 1.92. The molecule has 3 aromatic carbocycles. The quantitative estimate of drug-likeness (QED) is 0.489. The van der Waals surface area contributed by atoms with Gasteiger partial charge in [0.15, 0.2) is 6.10 Å². The maximum absolute atomic E-state index is 13.0. The number of hydrogen-bond acceptors (Lipinski definition) is 5.